The number of para-hydroxylation sites is 3. The number of fused-ring (bicyclic) bond motifs is 5. The Labute approximate surface area is 194 Å². The number of benzene rings is 4. The topological polar surface area (TPSA) is 25.2 Å². The molecule has 2 aliphatic rings. The Morgan fingerprint density at radius 2 is 1.39 bits per heavy atom. The Bertz CT molecular complexity index is 1470. The average Bonchev–Trinajstić information content (AvgIpc) is 3.27. The van der Waals surface area contributed by atoms with Crippen LogP contribution in [0, 0.1) is 5.92 Å². The van der Waals surface area contributed by atoms with Crippen LogP contribution in [-0.2, 0) is 5.41 Å². The molecule has 1 aliphatic carbocycles. The fourth-order valence-electron chi connectivity index (χ4n) is 6.80. The van der Waals surface area contributed by atoms with Crippen LogP contribution in [0.4, 0.5) is 5.69 Å². The van der Waals surface area contributed by atoms with E-state index in [9.17, 15) is 0 Å². The van der Waals surface area contributed by atoms with E-state index in [1.807, 2.05) is 0 Å². The molecule has 1 aromatic heterocycles. The van der Waals surface area contributed by atoms with Gasteiger partial charge in [-0.25, -0.2) is 0 Å². The van der Waals surface area contributed by atoms with Crippen molar-refractivity contribution in [3.8, 4) is 0 Å². The molecule has 162 valence electrons. The fourth-order valence-corrected chi connectivity index (χ4v) is 6.80. The predicted octanol–water partition coefficient (Wildman–Crippen LogP) is 7.90. The number of furan rings is 1. The number of hydrogen-bond acceptors (Lipinski definition) is 2. The number of rotatable bonds is 2. The standard InChI is InChI=1S/C31H27NO/c1-2-11-21(12-3-1)31(24-15-5-7-18-27(24)32-28-19-8-6-16-25(28)31)26-17-10-14-23-22-13-4-9-20-29(22)33-30(23)26/h1-5,7,9-15,17-18,20,25,28,32H,6,8,16,19H2. The maximum Gasteiger partial charge on any atom is 0.139 e. The van der Waals surface area contributed by atoms with Gasteiger partial charge < -0.3 is 9.73 Å². The summed E-state index contributed by atoms with van der Waals surface area (Å²) in [6, 6.07) is 35.8. The lowest BCUT2D eigenvalue weighted by molar-refractivity contribution is 0.237. The minimum atomic E-state index is -0.262. The van der Waals surface area contributed by atoms with Crippen molar-refractivity contribution in [3.05, 3.63) is 114 Å². The normalized spacial score (nSPS) is 24.2. The first-order valence-corrected chi connectivity index (χ1v) is 12.2. The van der Waals surface area contributed by atoms with Gasteiger partial charge in [0, 0.05) is 28.1 Å². The zero-order chi connectivity index (χ0) is 21.8. The van der Waals surface area contributed by atoms with Gasteiger partial charge in [-0.1, -0.05) is 97.8 Å². The molecule has 5 aromatic rings. The second kappa shape index (κ2) is 7.25. The van der Waals surface area contributed by atoms with Crippen molar-refractivity contribution < 1.29 is 4.42 Å². The summed E-state index contributed by atoms with van der Waals surface area (Å²) in [7, 11) is 0. The minimum Gasteiger partial charge on any atom is -0.456 e. The molecule has 2 nitrogen and oxygen atoms in total. The van der Waals surface area contributed by atoms with Gasteiger partial charge >= 0.3 is 0 Å². The first-order valence-electron chi connectivity index (χ1n) is 12.2. The summed E-state index contributed by atoms with van der Waals surface area (Å²) in [6.45, 7) is 0. The second-order valence-corrected chi connectivity index (χ2v) is 9.64. The van der Waals surface area contributed by atoms with E-state index in [1.54, 1.807) is 0 Å². The molecule has 0 spiro atoms. The maximum absolute atomic E-state index is 6.66. The summed E-state index contributed by atoms with van der Waals surface area (Å²) in [5, 5.41) is 6.34. The van der Waals surface area contributed by atoms with Crippen molar-refractivity contribution >= 4 is 27.6 Å². The molecule has 2 heteroatoms. The lowest BCUT2D eigenvalue weighted by atomic mass is 9.55. The minimum absolute atomic E-state index is 0.262. The highest BCUT2D eigenvalue weighted by molar-refractivity contribution is 6.06. The number of hydrogen-bond donors (Lipinski definition) is 1. The molecule has 1 fully saturated rings. The average molecular weight is 430 g/mol. The van der Waals surface area contributed by atoms with Crippen molar-refractivity contribution in [1.82, 2.24) is 0 Å². The molecular weight excluding hydrogens is 402 g/mol. The van der Waals surface area contributed by atoms with E-state index in [0.717, 1.165) is 11.2 Å². The van der Waals surface area contributed by atoms with Gasteiger partial charge in [-0.2, -0.15) is 0 Å². The van der Waals surface area contributed by atoms with E-state index in [1.165, 1.54) is 58.8 Å². The monoisotopic (exact) mass is 429 g/mol. The molecule has 0 saturated heterocycles. The molecule has 1 saturated carbocycles. The summed E-state index contributed by atoms with van der Waals surface area (Å²) >= 11 is 0. The summed E-state index contributed by atoms with van der Waals surface area (Å²) in [6.07, 6.45) is 4.98. The van der Waals surface area contributed by atoms with Crippen molar-refractivity contribution in [2.75, 3.05) is 5.32 Å². The highest BCUT2D eigenvalue weighted by atomic mass is 16.3. The van der Waals surface area contributed by atoms with E-state index in [2.05, 4.69) is 102 Å². The molecule has 3 atom stereocenters. The molecule has 3 unspecified atom stereocenters. The van der Waals surface area contributed by atoms with Gasteiger partial charge in [0.15, 0.2) is 0 Å². The van der Waals surface area contributed by atoms with Crippen LogP contribution in [0.1, 0.15) is 42.4 Å². The van der Waals surface area contributed by atoms with Crippen LogP contribution in [0.15, 0.2) is 101 Å². The predicted molar refractivity (Wildman–Crippen MR) is 136 cm³/mol. The third-order valence-corrected chi connectivity index (χ3v) is 8.07. The largest absolute Gasteiger partial charge is 0.456 e. The lowest BCUT2D eigenvalue weighted by Crippen LogP contribution is -2.52. The summed E-state index contributed by atoms with van der Waals surface area (Å²) < 4.78 is 6.66. The smallest absolute Gasteiger partial charge is 0.139 e. The third-order valence-electron chi connectivity index (χ3n) is 8.07. The van der Waals surface area contributed by atoms with Gasteiger partial charge in [-0.3, -0.25) is 0 Å². The third kappa shape index (κ3) is 2.61. The fraction of sp³-hybridized carbons (Fsp3) is 0.226. The first kappa shape index (κ1) is 19.0. The molecule has 0 amide bonds. The summed E-state index contributed by atoms with van der Waals surface area (Å²) in [5.41, 5.74) is 7.03. The second-order valence-electron chi connectivity index (χ2n) is 9.64. The molecule has 7 rings (SSSR count). The van der Waals surface area contributed by atoms with Crippen LogP contribution in [-0.4, -0.2) is 6.04 Å². The SMILES string of the molecule is c1ccc(C2(c3cccc4c3oc3ccccc34)c3ccccc3NC3CCCCC32)cc1. The van der Waals surface area contributed by atoms with Crippen LogP contribution in [0.25, 0.3) is 21.9 Å². The van der Waals surface area contributed by atoms with Crippen LogP contribution in [0.5, 0.6) is 0 Å². The Balaban J connectivity index is 1.65. The Hall–Kier alpha value is -3.52. The Morgan fingerprint density at radius 3 is 2.33 bits per heavy atom. The molecular formula is C31H27NO. The van der Waals surface area contributed by atoms with Gasteiger partial charge in [0.2, 0.25) is 0 Å². The molecule has 1 N–H and O–H groups in total. The van der Waals surface area contributed by atoms with Crippen molar-refractivity contribution in [1.29, 1.82) is 0 Å². The molecule has 1 aliphatic heterocycles. The molecule has 0 radical (unpaired) electrons. The van der Waals surface area contributed by atoms with Gasteiger partial charge in [0.25, 0.3) is 0 Å². The van der Waals surface area contributed by atoms with E-state index >= 15 is 0 Å². The van der Waals surface area contributed by atoms with Crippen LogP contribution in [0.3, 0.4) is 0 Å². The van der Waals surface area contributed by atoms with E-state index in [0.29, 0.717) is 12.0 Å². The van der Waals surface area contributed by atoms with E-state index < -0.39 is 0 Å². The van der Waals surface area contributed by atoms with Gasteiger partial charge in [-0.05, 0) is 42.0 Å². The summed E-state index contributed by atoms with van der Waals surface area (Å²) in [4.78, 5) is 0. The van der Waals surface area contributed by atoms with Crippen molar-refractivity contribution in [2.45, 2.75) is 37.1 Å². The van der Waals surface area contributed by atoms with Crippen molar-refractivity contribution in [2.24, 2.45) is 5.92 Å². The van der Waals surface area contributed by atoms with Crippen LogP contribution < -0.4 is 5.32 Å². The lowest BCUT2D eigenvalue weighted by Gasteiger charge is -2.52. The first-order chi connectivity index (χ1) is 16.4. The Kier molecular flexibility index (Phi) is 4.17. The zero-order valence-electron chi connectivity index (χ0n) is 18.6. The maximum atomic E-state index is 6.66. The molecule has 0 bridgehead atoms. The van der Waals surface area contributed by atoms with Gasteiger partial charge in [-0.15, -0.1) is 0 Å². The van der Waals surface area contributed by atoms with E-state index in [-0.39, 0.29) is 5.41 Å². The zero-order valence-corrected chi connectivity index (χ0v) is 18.6. The van der Waals surface area contributed by atoms with Crippen LogP contribution in [0.2, 0.25) is 0 Å². The Morgan fingerprint density at radius 1 is 0.667 bits per heavy atom. The quantitative estimate of drug-likeness (QED) is 0.308. The molecule has 33 heavy (non-hydrogen) atoms. The molecule has 2 heterocycles. The van der Waals surface area contributed by atoms with Crippen molar-refractivity contribution in [3.63, 3.8) is 0 Å². The highest BCUT2D eigenvalue weighted by Crippen LogP contribution is 2.57. The summed E-state index contributed by atoms with van der Waals surface area (Å²) in [5.74, 6) is 0.461. The highest BCUT2D eigenvalue weighted by Gasteiger charge is 2.52. The number of anilines is 1. The number of nitrogens with one attached hydrogen (secondary N) is 1. The van der Waals surface area contributed by atoms with E-state index in [4.69, 9.17) is 4.42 Å². The van der Waals surface area contributed by atoms with Crippen LogP contribution >= 0.6 is 0 Å². The molecule has 4 aromatic carbocycles. The van der Waals surface area contributed by atoms with Gasteiger partial charge in [0.05, 0.1) is 5.41 Å². The van der Waals surface area contributed by atoms with Gasteiger partial charge in [0.1, 0.15) is 11.2 Å².